The molecule has 0 heterocycles. The van der Waals surface area contributed by atoms with Crippen molar-refractivity contribution in [2.45, 2.75) is 6.10 Å². The van der Waals surface area contributed by atoms with Gasteiger partial charge < -0.3 is 130 Å². The van der Waals surface area contributed by atoms with Crippen LogP contribution in [0.25, 0.3) is 0 Å². The maximum absolute atomic E-state index is 8.42. The Morgan fingerprint density at radius 2 is 0.341 bits per heavy atom. The molecule has 0 aromatic rings. The maximum atomic E-state index is 8.42. The van der Waals surface area contributed by atoms with Gasteiger partial charge in [0.05, 0.1) is 13.2 Å². The summed E-state index contributed by atoms with van der Waals surface area (Å²) < 4.78 is 0. The number of aliphatic hydroxyl groups excluding tert-OH is 3. The Morgan fingerprint density at radius 3 is 0.341 bits per heavy atom. The zero-order valence-electron chi connectivity index (χ0n) is 27.5. The summed E-state index contributed by atoms with van der Waals surface area (Å²) in [6.07, 6.45) is -0.954. The SMILES string of the molecule is O.O.O.O.O.O.O.O.O.O.OCC(O)CO.[Na+].[Na+].[Na+].[Na+].[Na+].[Na+].[Na+].[Na+].[Na+].[Na+].[Na+].[Na+].[O-]B([O-])[O-].[O-]B([O-])[O-].[O-]B([O-])[O-].[O-]B([O-])[O-]. The molecular formula is C3H28B4Na12O25. The van der Waals surface area contributed by atoms with E-state index in [4.69, 9.17) is 75.6 Å². The number of rotatable bonds is 2. The van der Waals surface area contributed by atoms with Gasteiger partial charge in [-0.15, -0.1) is 0 Å². The molecule has 214 valence electrons. The first-order valence-electron chi connectivity index (χ1n) is 4.54. The first-order valence-corrected chi connectivity index (χ1v) is 4.54. The van der Waals surface area contributed by atoms with Crippen molar-refractivity contribution >= 4 is 29.3 Å². The fourth-order valence-corrected chi connectivity index (χ4v) is 0.0577. The molecule has 23 N–H and O–H groups in total. The van der Waals surface area contributed by atoms with Gasteiger partial charge in [-0.3, -0.25) is 29.3 Å². The van der Waals surface area contributed by atoms with Gasteiger partial charge in [0.2, 0.25) is 0 Å². The second-order valence-electron chi connectivity index (χ2n) is 2.17. The largest absolute Gasteiger partial charge is 1.00 e. The molecule has 44 heavy (non-hydrogen) atoms. The molecule has 0 saturated carbocycles. The number of hydrogen-bond acceptors (Lipinski definition) is 15. The molecule has 0 fully saturated rings. The molecule has 0 amide bonds. The molecule has 0 spiro atoms. The van der Waals surface area contributed by atoms with Gasteiger partial charge in [0.1, 0.15) is 6.10 Å². The van der Waals surface area contributed by atoms with E-state index in [1.165, 1.54) is 0 Å². The molecule has 0 aliphatic carbocycles. The normalized spacial score (nSPS) is 3.82. The second-order valence-corrected chi connectivity index (χ2v) is 2.17. The van der Waals surface area contributed by atoms with Crippen LogP contribution < -0.4 is 415 Å². The van der Waals surface area contributed by atoms with E-state index in [1.807, 2.05) is 0 Å². The van der Waals surface area contributed by atoms with Gasteiger partial charge in [-0.05, 0) is 0 Å². The molecule has 0 aliphatic rings. The zero-order chi connectivity index (χ0) is 19.3. The average Bonchev–Trinajstić information content (AvgIpc) is 2.24. The smallest absolute Gasteiger partial charge is 0.907 e. The van der Waals surface area contributed by atoms with Crippen LogP contribution in [-0.4, -0.2) is 119 Å². The van der Waals surface area contributed by atoms with Crippen LogP contribution in [0.1, 0.15) is 0 Å². The summed E-state index contributed by atoms with van der Waals surface area (Å²) in [5.74, 6) is 0. The van der Waals surface area contributed by atoms with Crippen molar-refractivity contribution in [3.05, 3.63) is 0 Å². The van der Waals surface area contributed by atoms with E-state index in [0.29, 0.717) is 0 Å². The Hall–Kier alpha value is 11.3. The van der Waals surface area contributed by atoms with Crippen LogP contribution in [0.15, 0.2) is 0 Å². The number of aliphatic hydroxyl groups is 3. The van der Waals surface area contributed by atoms with Crippen molar-refractivity contribution in [3.63, 3.8) is 0 Å². The van der Waals surface area contributed by atoms with Gasteiger partial charge in [-0.25, -0.2) is 0 Å². The third-order valence-electron chi connectivity index (χ3n) is 0.421. The van der Waals surface area contributed by atoms with Crippen LogP contribution in [0.5, 0.6) is 0 Å². The van der Waals surface area contributed by atoms with Gasteiger partial charge in [0.15, 0.2) is 0 Å². The van der Waals surface area contributed by atoms with E-state index in [1.54, 1.807) is 0 Å². The van der Waals surface area contributed by atoms with E-state index in [2.05, 4.69) is 0 Å². The third kappa shape index (κ3) is 625. The van der Waals surface area contributed by atoms with Crippen molar-refractivity contribution in [1.82, 2.24) is 0 Å². The quantitative estimate of drug-likeness (QED) is 0.219. The standard InChI is InChI=1S/C3H8O3.4BO3.12Na.10H2O/c4-1-3(6)2-5;4*2-1(3)4;;;;;;;;;;;;;;;;;;;;;;/h3-6H,1-2H2;;;;;;;;;;;;;;;;;10*1H2/q;4*-3;12*+1;;;;;;;;;;. The molecule has 0 aliphatic heterocycles. The Morgan fingerprint density at radius 1 is 0.295 bits per heavy atom. The minimum absolute atomic E-state index is 0. The van der Waals surface area contributed by atoms with Crippen LogP contribution in [0, 0.1) is 0 Å². The van der Waals surface area contributed by atoms with Crippen molar-refractivity contribution < 1.29 is 485 Å². The summed E-state index contributed by atoms with van der Waals surface area (Å²) in [5, 5.41) is 125. The summed E-state index contributed by atoms with van der Waals surface area (Å²) >= 11 is 0. The summed E-state index contributed by atoms with van der Waals surface area (Å²) in [6, 6.07) is 0. The van der Waals surface area contributed by atoms with E-state index in [0.717, 1.165) is 0 Å². The van der Waals surface area contributed by atoms with Crippen LogP contribution in [0.4, 0.5) is 0 Å². The molecule has 0 unspecified atom stereocenters. The third-order valence-corrected chi connectivity index (χ3v) is 0.421. The van der Waals surface area contributed by atoms with E-state index < -0.39 is 35.4 Å². The molecule has 0 saturated heterocycles. The fraction of sp³-hybridized carbons (Fsp3) is 1.00. The molecule has 0 rings (SSSR count). The molecule has 41 heteroatoms. The molecule has 25 nitrogen and oxygen atoms in total. The van der Waals surface area contributed by atoms with Crippen LogP contribution in [0.3, 0.4) is 0 Å². The summed E-state index contributed by atoms with van der Waals surface area (Å²) in [7, 11) is -11.7. The van der Waals surface area contributed by atoms with E-state index in [9.17, 15) is 0 Å². The Balaban J connectivity index is -0.00000000293. The van der Waals surface area contributed by atoms with E-state index >= 15 is 0 Å². The first kappa shape index (κ1) is 204. The molecule has 0 radical (unpaired) electrons. The first-order chi connectivity index (χ1) is 9.74. The zero-order valence-corrected chi connectivity index (χ0v) is 51.5. The van der Waals surface area contributed by atoms with Crippen molar-refractivity contribution in [1.29, 1.82) is 0 Å². The van der Waals surface area contributed by atoms with Gasteiger partial charge >= 0.3 is 355 Å². The Kier molecular flexibility index (Phi) is 892. The molecule has 0 aromatic heterocycles. The van der Waals surface area contributed by atoms with Gasteiger partial charge in [-0.1, -0.05) is 0 Å². The summed E-state index contributed by atoms with van der Waals surface area (Å²) in [6.45, 7) is -0.729. The van der Waals surface area contributed by atoms with Crippen LogP contribution >= 0.6 is 0 Å². The van der Waals surface area contributed by atoms with Crippen molar-refractivity contribution in [2.75, 3.05) is 13.2 Å². The Bertz CT molecular complexity index is 160. The van der Waals surface area contributed by atoms with Gasteiger partial charge in [0.25, 0.3) is 0 Å². The summed E-state index contributed by atoms with van der Waals surface area (Å²) in [4.78, 5) is 0. The van der Waals surface area contributed by atoms with Crippen LogP contribution in [0.2, 0.25) is 0 Å². The number of hydrogen-bond donors (Lipinski definition) is 3. The minimum atomic E-state index is -2.92. The molecule has 0 aromatic carbocycles. The fourth-order valence-electron chi connectivity index (χ4n) is 0.0577. The van der Waals surface area contributed by atoms with Crippen molar-refractivity contribution in [2.24, 2.45) is 0 Å². The topological polar surface area (TPSA) is 652 Å². The van der Waals surface area contributed by atoms with E-state index in [-0.39, 0.29) is 423 Å². The average molecular weight is 783 g/mol. The minimum Gasteiger partial charge on any atom is -0.907 e. The maximum Gasteiger partial charge on any atom is 1.00 e. The Labute approximate surface area is 521 Å². The predicted octanol–water partition coefficient (Wildman–Crippen LogP) is -61.7. The summed E-state index contributed by atoms with van der Waals surface area (Å²) in [5.41, 5.74) is 0. The van der Waals surface area contributed by atoms with Gasteiger partial charge in [-0.2, -0.15) is 0 Å². The predicted molar refractivity (Wildman–Crippen MR) is 79.3 cm³/mol. The molecular weight excluding hydrogens is 755 g/mol. The molecule has 0 bridgehead atoms. The van der Waals surface area contributed by atoms with Gasteiger partial charge in [0, 0.05) is 0 Å². The van der Waals surface area contributed by atoms with Crippen LogP contribution in [-0.2, 0) is 0 Å². The molecule has 0 atom stereocenters. The monoisotopic (exact) mass is 784 g/mol. The van der Waals surface area contributed by atoms with Crippen molar-refractivity contribution in [3.8, 4) is 0 Å². The second kappa shape index (κ2) is 193.